The van der Waals surface area contributed by atoms with Gasteiger partial charge in [-0.1, -0.05) is 18.2 Å². The predicted octanol–water partition coefficient (Wildman–Crippen LogP) is 2.20. The second-order valence-corrected chi connectivity index (χ2v) is 7.38. The normalized spacial score (nSPS) is 16.6. The van der Waals surface area contributed by atoms with Gasteiger partial charge in [0.15, 0.2) is 5.78 Å². The number of ketones is 1. The van der Waals surface area contributed by atoms with E-state index in [4.69, 9.17) is 0 Å². The molecule has 1 atom stereocenters. The first-order valence-electron chi connectivity index (χ1n) is 9.52. The Morgan fingerprint density at radius 1 is 1.07 bits per heavy atom. The summed E-state index contributed by atoms with van der Waals surface area (Å²) in [6, 6.07) is 13.2. The van der Waals surface area contributed by atoms with E-state index in [-0.39, 0.29) is 59.2 Å². The minimum absolute atomic E-state index is 0. The Morgan fingerprint density at radius 2 is 1.70 bits per heavy atom. The van der Waals surface area contributed by atoms with Crippen LogP contribution < -0.4 is 5.32 Å². The van der Waals surface area contributed by atoms with Crippen molar-refractivity contribution in [1.82, 2.24) is 10.2 Å². The molecule has 0 spiro atoms. The number of nitrogens with zero attached hydrogens (tertiary/aromatic N) is 1. The average Bonchev–Trinajstić information content (AvgIpc) is 3.04. The first kappa shape index (κ1) is 25.7. The van der Waals surface area contributed by atoms with E-state index in [0.717, 1.165) is 37.1 Å². The summed E-state index contributed by atoms with van der Waals surface area (Å²) in [5, 5.41) is 3.35. The Bertz CT molecular complexity index is 856. The molecule has 30 heavy (non-hydrogen) atoms. The molecule has 0 aromatic heterocycles. The third-order valence-electron chi connectivity index (χ3n) is 5.74. The molecule has 1 amide bonds. The number of nitrogens with one attached hydrogen (secondary N) is 1. The molecule has 5 N–H and O–H groups in total. The van der Waals surface area contributed by atoms with Crippen LogP contribution in [0.15, 0.2) is 48.5 Å². The van der Waals surface area contributed by atoms with Gasteiger partial charge < -0.3 is 21.2 Å². The lowest BCUT2D eigenvalue weighted by Gasteiger charge is -2.36. The fraction of sp³-hybridized carbons (Fsp3) is 0.364. The first-order chi connectivity index (χ1) is 13.1. The molecule has 2 aromatic rings. The van der Waals surface area contributed by atoms with Gasteiger partial charge in [-0.05, 0) is 67.7 Å². The van der Waals surface area contributed by atoms with Crippen LogP contribution in [0, 0.1) is 11.7 Å². The molecule has 1 fully saturated rings. The van der Waals surface area contributed by atoms with E-state index in [1.165, 1.54) is 24.3 Å². The Labute approximate surface area is 181 Å². The van der Waals surface area contributed by atoms with Crippen molar-refractivity contribution in [3.63, 3.8) is 0 Å². The van der Waals surface area contributed by atoms with Crippen molar-refractivity contribution in [2.75, 3.05) is 13.1 Å². The average molecular weight is 439 g/mol. The highest BCUT2D eigenvalue weighted by atomic mass is 35.5. The van der Waals surface area contributed by atoms with Gasteiger partial charge in [0.05, 0.1) is 0 Å². The van der Waals surface area contributed by atoms with Crippen molar-refractivity contribution in [3.8, 4) is 0 Å². The van der Waals surface area contributed by atoms with Crippen molar-refractivity contribution in [2.24, 2.45) is 5.92 Å². The minimum Gasteiger partial charge on any atom is -0.412 e. The lowest BCUT2D eigenvalue weighted by Crippen LogP contribution is -2.45. The van der Waals surface area contributed by atoms with E-state index < -0.39 is 0 Å². The molecule has 2 aliphatic rings. The fourth-order valence-electron chi connectivity index (χ4n) is 4.25. The van der Waals surface area contributed by atoms with Gasteiger partial charge in [0.2, 0.25) is 0 Å². The zero-order valence-electron chi connectivity index (χ0n) is 16.6. The SMILES string of the molecule is Cl.O.O.O=C(CC(C1CCNCC1)N1Cc2ccccc2C1=O)c1ccc(F)cc1. The molecule has 8 heteroatoms. The zero-order valence-corrected chi connectivity index (χ0v) is 17.4. The van der Waals surface area contributed by atoms with E-state index in [2.05, 4.69) is 5.32 Å². The summed E-state index contributed by atoms with van der Waals surface area (Å²) in [6.45, 7) is 2.36. The Hall–Kier alpha value is -2.32. The molecule has 0 aliphatic carbocycles. The molecule has 4 rings (SSSR count). The van der Waals surface area contributed by atoms with Gasteiger partial charge in [-0.15, -0.1) is 12.4 Å². The number of piperidine rings is 1. The van der Waals surface area contributed by atoms with E-state index >= 15 is 0 Å². The Kier molecular flexibility index (Phi) is 9.58. The predicted molar refractivity (Wildman–Crippen MR) is 116 cm³/mol. The molecule has 2 aromatic carbocycles. The number of halogens is 2. The highest BCUT2D eigenvalue weighted by Crippen LogP contribution is 2.32. The van der Waals surface area contributed by atoms with Gasteiger partial charge in [-0.3, -0.25) is 9.59 Å². The summed E-state index contributed by atoms with van der Waals surface area (Å²) < 4.78 is 13.2. The summed E-state index contributed by atoms with van der Waals surface area (Å²) in [6.07, 6.45) is 2.17. The molecule has 2 aliphatic heterocycles. The third kappa shape index (κ3) is 5.23. The lowest BCUT2D eigenvalue weighted by atomic mass is 9.85. The topological polar surface area (TPSA) is 112 Å². The maximum Gasteiger partial charge on any atom is 0.254 e. The van der Waals surface area contributed by atoms with Crippen LogP contribution in [0.3, 0.4) is 0 Å². The molecule has 0 radical (unpaired) electrons. The third-order valence-corrected chi connectivity index (χ3v) is 5.74. The number of rotatable bonds is 5. The van der Waals surface area contributed by atoms with Crippen LogP contribution in [-0.2, 0) is 6.54 Å². The van der Waals surface area contributed by atoms with Crippen LogP contribution in [0.4, 0.5) is 4.39 Å². The summed E-state index contributed by atoms with van der Waals surface area (Å²) in [7, 11) is 0. The molecule has 0 saturated carbocycles. The highest BCUT2D eigenvalue weighted by molar-refractivity contribution is 6.00. The molecular weight excluding hydrogens is 411 g/mol. The fourth-order valence-corrected chi connectivity index (χ4v) is 4.25. The van der Waals surface area contributed by atoms with Crippen molar-refractivity contribution < 1.29 is 24.9 Å². The monoisotopic (exact) mass is 438 g/mol. The van der Waals surface area contributed by atoms with Crippen LogP contribution in [0.5, 0.6) is 0 Å². The number of hydrogen-bond acceptors (Lipinski definition) is 3. The largest absolute Gasteiger partial charge is 0.412 e. The van der Waals surface area contributed by atoms with Gasteiger partial charge in [-0.25, -0.2) is 4.39 Å². The second kappa shape index (κ2) is 11.2. The number of carbonyl (C=O) groups is 2. The molecular formula is C22H28ClFN2O4. The minimum atomic E-state index is -0.355. The van der Waals surface area contributed by atoms with Crippen LogP contribution in [-0.4, -0.2) is 46.7 Å². The summed E-state index contributed by atoms with van der Waals surface area (Å²) >= 11 is 0. The number of hydrogen-bond donors (Lipinski definition) is 1. The van der Waals surface area contributed by atoms with E-state index in [1.54, 1.807) is 0 Å². The van der Waals surface area contributed by atoms with Gasteiger partial charge in [0.25, 0.3) is 5.91 Å². The quantitative estimate of drug-likeness (QED) is 0.722. The molecule has 2 heterocycles. The summed E-state index contributed by atoms with van der Waals surface area (Å²) in [4.78, 5) is 27.7. The number of carbonyl (C=O) groups excluding carboxylic acids is 2. The van der Waals surface area contributed by atoms with E-state index in [1.807, 2.05) is 29.2 Å². The van der Waals surface area contributed by atoms with Gasteiger partial charge in [-0.2, -0.15) is 0 Å². The summed E-state index contributed by atoms with van der Waals surface area (Å²) in [5.41, 5.74) is 2.26. The number of Topliss-reactive ketones (excluding diaryl/α,β-unsaturated/α-hetero) is 1. The number of amides is 1. The second-order valence-electron chi connectivity index (χ2n) is 7.38. The zero-order chi connectivity index (χ0) is 18.8. The number of benzene rings is 2. The van der Waals surface area contributed by atoms with Gasteiger partial charge in [0.1, 0.15) is 5.82 Å². The van der Waals surface area contributed by atoms with E-state index in [9.17, 15) is 14.0 Å². The van der Waals surface area contributed by atoms with Crippen molar-refractivity contribution in [1.29, 1.82) is 0 Å². The highest BCUT2D eigenvalue weighted by Gasteiger charge is 2.38. The van der Waals surface area contributed by atoms with Crippen LogP contribution in [0.2, 0.25) is 0 Å². The van der Waals surface area contributed by atoms with Crippen molar-refractivity contribution >= 4 is 24.1 Å². The molecule has 164 valence electrons. The lowest BCUT2D eigenvalue weighted by molar-refractivity contribution is 0.0567. The van der Waals surface area contributed by atoms with Crippen LogP contribution in [0.1, 0.15) is 45.5 Å². The standard InChI is InChI=1S/C22H23FN2O2.ClH.2H2O/c23-18-7-5-16(6-8-18)21(26)13-20(15-9-11-24-12-10-15)25-14-17-3-1-2-4-19(17)22(25)27;;;/h1-8,15,20,24H,9-14H2;1H;2*1H2. The van der Waals surface area contributed by atoms with Gasteiger partial charge in [0, 0.05) is 30.1 Å². The van der Waals surface area contributed by atoms with Crippen molar-refractivity contribution in [2.45, 2.75) is 31.8 Å². The first-order valence-corrected chi connectivity index (χ1v) is 9.52. The van der Waals surface area contributed by atoms with Crippen LogP contribution >= 0.6 is 12.4 Å². The molecule has 6 nitrogen and oxygen atoms in total. The Morgan fingerprint density at radius 3 is 2.33 bits per heavy atom. The van der Waals surface area contributed by atoms with Crippen LogP contribution in [0.25, 0.3) is 0 Å². The van der Waals surface area contributed by atoms with E-state index in [0.29, 0.717) is 12.1 Å². The Balaban J connectivity index is 0.00000150. The number of fused-ring (bicyclic) bond motifs is 1. The van der Waals surface area contributed by atoms with Gasteiger partial charge >= 0.3 is 0 Å². The smallest absolute Gasteiger partial charge is 0.254 e. The molecule has 0 bridgehead atoms. The van der Waals surface area contributed by atoms with Crippen molar-refractivity contribution in [3.05, 3.63) is 71.0 Å². The maximum atomic E-state index is 13.2. The molecule has 1 saturated heterocycles. The molecule has 1 unspecified atom stereocenters. The summed E-state index contributed by atoms with van der Waals surface area (Å²) in [5.74, 6) is -0.0936. The maximum absolute atomic E-state index is 13.2.